The Balaban J connectivity index is 0.00000324. The number of amides is 1. The number of hydrogen-bond donors (Lipinski definition) is 2. The first-order valence-electron chi connectivity index (χ1n) is 6.55. The predicted molar refractivity (Wildman–Crippen MR) is 86.0 cm³/mol. The minimum atomic E-state index is -0.358. The molecule has 0 unspecified atom stereocenters. The van der Waals surface area contributed by atoms with Gasteiger partial charge in [0.15, 0.2) is 0 Å². The minimum Gasteiger partial charge on any atom is -0.352 e. The number of nitrogens with zero attached hydrogens (tertiary/aromatic N) is 1. The number of nitrogens with one attached hydrogen (secondary N) is 1. The SMILES string of the molecule is C=CCN1CCC(NC(=O)[C@@H](N)CCSC)CC1.Cl. The molecule has 3 N–H and O–H groups in total. The van der Waals surface area contributed by atoms with Crippen molar-refractivity contribution in [3.8, 4) is 0 Å². The highest BCUT2D eigenvalue weighted by Gasteiger charge is 2.22. The molecule has 1 atom stereocenters. The summed E-state index contributed by atoms with van der Waals surface area (Å²) in [6.07, 6.45) is 6.73. The van der Waals surface area contributed by atoms with Gasteiger partial charge in [0.05, 0.1) is 6.04 Å². The molecule has 0 radical (unpaired) electrons. The average Bonchev–Trinajstić information content (AvgIpc) is 2.38. The quantitative estimate of drug-likeness (QED) is 0.695. The first kappa shape index (κ1) is 18.8. The molecular formula is C13H26ClN3OS. The maximum atomic E-state index is 11.8. The van der Waals surface area contributed by atoms with Gasteiger partial charge < -0.3 is 11.1 Å². The van der Waals surface area contributed by atoms with Gasteiger partial charge in [0.1, 0.15) is 0 Å². The van der Waals surface area contributed by atoms with Crippen molar-refractivity contribution in [2.75, 3.05) is 31.6 Å². The number of hydrogen-bond acceptors (Lipinski definition) is 4. The highest BCUT2D eigenvalue weighted by Crippen LogP contribution is 2.10. The van der Waals surface area contributed by atoms with E-state index in [9.17, 15) is 4.79 Å². The van der Waals surface area contributed by atoms with Gasteiger partial charge in [0.25, 0.3) is 0 Å². The molecule has 0 aromatic rings. The van der Waals surface area contributed by atoms with E-state index in [4.69, 9.17) is 5.73 Å². The van der Waals surface area contributed by atoms with Crippen LogP contribution in [0.4, 0.5) is 0 Å². The predicted octanol–water partition coefficient (Wildman–Crippen LogP) is 1.26. The normalized spacial score (nSPS) is 18.4. The van der Waals surface area contributed by atoms with Gasteiger partial charge in [-0.25, -0.2) is 0 Å². The van der Waals surface area contributed by atoms with Gasteiger partial charge in [-0.2, -0.15) is 11.8 Å². The summed E-state index contributed by atoms with van der Waals surface area (Å²) in [5.41, 5.74) is 5.85. The van der Waals surface area contributed by atoms with Crippen molar-refractivity contribution < 1.29 is 4.79 Å². The van der Waals surface area contributed by atoms with Crippen LogP contribution in [0.15, 0.2) is 12.7 Å². The van der Waals surface area contributed by atoms with E-state index in [2.05, 4.69) is 16.8 Å². The zero-order valence-electron chi connectivity index (χ0n) is 11.6. The molecule has 1 rings (SSSR count). The molecule has 112 valence electrons. The van der Waals surface area contributed by atoms with Crippen molar-refractivity contribution >= 4 is 30.1 Å². The van der Waals surface area contributed by atoms with Gasteiger partial charge in [0, 0.05) is 25.7 Å². The van der Waals surface area contributed by atoms with Gasteiger partial charge in [-0.1, -0.05) is 6.08 Å². The largest absolute Gasteiger partial charge is 0.352 e. The fourth-order valence-electron chi connectivity index (χ4n) is 2.13. The highest BCUT2D eigenvalue weighted by atomic mass is 35.5. The first-order valence-corrected chi connectivity index (χ1v) is 7.95. The molecule has 1 saturated heterocycles. The minimum absolute atomic E-state index is 0. The van der Waals surface area contributed by atoms with Gasteiger partial charge in [-0.05, 0) is 31.3 Å². The van der Waals surface area contributed by atoms with Gasteiger partial charge in [0.2, 0.25) is 5.91 Å². The molecule has 0 aliphatic carbocycles. The molecular weight excluding hydrogens is 282 g/mol. The van der Waals surface area contributed by atoms with Crippen LogP contribution in [0.3, 0.4) is 0 Å². The Hall–Kier alpha value is -0.230. The van der Waals surface area contributed by atoms with Crippen molar-refractivity contribution in [1.29, 1.82) is 0 Å². The van der Waals surface area contributed by atoms with E-state index in [-0.39, 0.29) is 24.4 Å². The summed E-state index contributed by atoms with van der Waals surface area (Å²) in [5.74, 6) is 0.943. The summed E-state index contributed by atoms with van der Waals surface area (Å²) in [6.45, 7) is 6.73. The van der Waals surface area contributed by atoms with Crippen LogP contribution in [0.2, 0.25) is 0 Å². The Morgan fingerprint density at radius 1 is 1.58 bits per heavy atom. The fraction of sp³-hybridized carbons (Fsp3) is 0.769. The van der Waals surface area contributed by atoms with Crippen molar-refractivity contribution in [2.24, 2.45) is 5.73 Å². The summed E-state index contributed by atoms with van der Waals surface area (Å²) in [7, 11) is 0. The lowest BCUT2D eigenvalue weighted by molar-refractivity contribution is -0.123. The number of carbonyl (C=O) groups excluding carboxylic acids is 1. The molecule has 1 heterocycles. The molecule has 4 nitrogen and oxygen atoms in total. The molecule has 0 saturated carbocycles. The third-order valence-corrected chi connectivity index (χ3v) is 3.93. The number of nitrogens with two attached hydrogens (primary N) is 1. The van der Waals surface area contributed by atoms with Crippen LogP contribution in [0.1, 0.15) is 19.3 Å². The van der Waals surface area contributed by atoms with Gasteiger partial charge in [-0.15, -0.1) is 19.0 Å². The zero-order valence-corrected chi connectivity index (χ0v) is 13.3. The Bertz CT molecular complexity index is 271. The maximum absolute atomic E-state index is 11.8. The molecule has 0 bridgehead atoms. The smallest absolute Gasteiger partial charge is 0.237 e. The summed E-state index contributed by atoms with van der Waals surface area (Å²) in [5, 5.41) is 3.06. The maximum Gasteiger partial charge on any atom is 0.237 e. The number of thioether (sulfide) groups is 1. The summed E-state index contributed by atoms with van der Waals surface area (Å²) in [4.78, 5) is 14.2. The van der Waals surface area contributed by atoms with Crippen LogP contribution in [-0.4, -0.2) is 54.5 Å². The lowest BCUT2D eigenvalue weighted by Crippen LogP contribution is -2.49. The lowest BCUT2D eigenvalue weighted by atomic mass is 10.0. The zero-order chi connectivity index (χ0) is 13.4. The van der Waals surface area contributed by atoms with E-state index in [1.165, 1.54) is 0 Å². The topological polar surface area (TPSA) is 58.4 Å². The number of piperidine rings is 1. The van der Waals surface area contributed by atoms with E-state index in [1.807, 2.05) is 12.3 Å². The Morgan fingerprint density at radius 3 is 2.74 bits per heavy atom. The van der Waals surface area contributed by atoms with E-state index in [1.54, 1.807) is 11.8 Å². The lowest BCUT2D eigenvalue weighted by Gasteiger charge is -2.32. The molecule has 1 amide bonds. The van der Waals surface area contributed by atoms with Crippen LogP contribution >= 0.6 is 24.2 Å². The van der Waals surface area contributed by atoms with Crippen molar-refractivity contribution in [2.45, 2.75) is 31.3 Å². The molecule has 1 aliphatic rings. The van der Waals surface area contributed by atoms with Crippen molar-refractivity contribution in [3.63, 3.8) is 0 Å². The molecule has 0 spiro atoms. The number of carbonyl (C=O) groups is 1. The standard InChI is InChI=1S/C13H25N3OS.ClH/c1-3-7-16-8-4-11(5-9-16)15-13(17)12(14)6-10-18-2;/h3,11-12H,1,4-10,14H2,2H3,(H,15,17);1H/t12-;/m0./s1. The van der Waals surface area contributed by atoms with E-state index < -0.39 is 0 Å². The van der Waals surface area contributed by atoms with Crippen LogP contribution in [0, 0.1) is 0 Å². The Kier molecular flexibility index (Phi) is 10.4. The second-order valence-corrected chi connectivity index (χ2v) is 5.75. The van der Waals surface area contributed by atoms with Crippen LogP contribution in [-0.2, 0) is 4.79 Å². The summed E-state index contributed by atoms with van der Waals surface area (Å²) in [6, 6.07) is -0.0671. The van der Waals surface area contributed by atoms with Crippen molar-refractivity contribution in [1.82, 2.24) is 10.2 Å². The molecule has 0 aromatic heterocycles. The second kappa shape index (κ2) is 10.5. The monoisotopic (exact) mass is 307 g/mol. The van der Waals surface area contributed by atoms with Crippen molar-refractivity contribution in [3.05, 3.63) is 12.7 Å². The molecule has 1 aliphatic heterocycles. The highest BCUT2D eigenvalue weighted by molar-refractivity contribution is 7.98. The second-order valence-electron chi connectivity index (χ2n) is 4.76. The van der Waals surface area contributed by atoms with Gasteiger partial charge in [-0.3, -0.25) is 9.69 Å². The molecule has 19 heavy (non-hydrogen) atoms. The van der Waals surface area contributed by atoms with Crippen LogP contribution in [0.25, 0.3) is 0 Å². The fourth-order valence-corrected chi connectivity index (χ4v) is 2.62. The van der Waals surface area contributed by atoms with E-state index in [0.29, 0.717) is 6.04 Å². The molecule has 0 aromatic carbocycles. The third-order valence-electron chi connectivity index (χ3n) is 3.29. The van der Waals surface area contributed by atoms with Crippen LogP contribution in [0.5, 0.6) is 0 Å². The summed E-state index contributed by atoms with van der Waals surface area (Å²) < 4.78 is 0. The number of halogens is 1. The number of rotatable bonds is 7. The van der Waals surface area contributed by atoms with Gasteiger partial charge >= 0.3 is 0 Å². The average molecular weight is 308 g/mol. The Morgan fingerprint density at radius 2 is 2.21 bits per heavy atom. The molecule has 6 heteroatoms. The summed E-state index contributed by atoms with van der Waals surface area (Å²) >= 11 is 1.72. The molecule has 1 fully saturated rings. The Labute approximate surface area is 127 Å². The third kappa shape index (κ3) is 7.20. The van der Waals surface area contributed by atoms with E-state index in [0.717, 1.165) is 44.6 Å². The van der Waals surface area contributed by atoms with E-state index >= 15 is 0 Å². The van der Waals surface area contributed by atoms with Crippen LogP contribution < -0.4 is 11.1 Å². The number of likely N-dealkylation sites (tertiary alicyclic amines) is 1. The first-order chi connectivity index (χ1) is 8.67.